The fraction of sp³-hybridized carbons (Fsp3) is 0.458. The fourth-order valence-corrected chi connectivity index (χ4v) is 3.74. The van der Waals surface area contributed by atoms with Crippen molar-refractivity contribution in [3.63, 3.8) is 0 Å². The van der Waals surface area contributed by atoms with Crippen molar-refractivity contribution in [2.45, 2.75) is 19.3 Å². The third-order valence-electron chi connectivity index (χ3n) is 5.81. The Morgan fingerprint density at radius 2 is 1.38 bits per heavy atom. The van der Waals surface area contributed by atoms with Crippen LogP contribution < -0.4 is 4.90 Å². The van der Waals surface area contributed by atoms with E-state index < -0.39 is 11.7 Å². The molecule has 2 aromatic carbocycles. The highest BCUT2D eigenvalue weighted by Crippen LogP contribution is 2.29. The van der Waals surface area contributed by atoms with E-state index in [1.165, 1.54) is 0 Å². The smallest absolute Gasteiger partial charge is 0.378 e. The van der Waals surface area contributed by atoms with Crippen LogP contribution in [0.15, 0.2) is 48.5 Å². The highest BCUT2D eigenvalue weighted by atomic mass is 19.4. The minimum absolute atomic E-state index is 0.0814. The number of anilines is 1. The van der Waals surface area contributed by atoms with Crippen molar-refractivity contribution < 1.29 is 18.0 Å². The van der Waals surface area contributed by atoms with E-state index in [9.17, 15) is 18.0 Å². The van der Waals surface area contributed by atoms with Gasteiger partial charge in [0.25, 0.3) is 0 Å². The zero-order chi connectivity index (χ0) is 23.3. The van der Waals surface area contributed by atoms with Gasteiger partial charge in [0.05, 0.1) is 12.1 Å². The molecule has 5 nitrogen and oxygen atoms in total. The number of nitrogens with zero attached hydrogens (tertiary/aromatic N) is 4. The second-order valence-corrected chi connectivity index (χ2v) is 8.56. The minimum atomic E-state index is -4.31. The van der Waals surface area contributed by atoms with Crippen molar-refractivity contribution in [3.05, 3.63) is 65.2 Å². The van der Waals surface area contributed by atoms with Crippen LogP contribution in [0.4, 0.5) is 18.9 Å². The number of carbonyl (C=O) groups is 1. The lowest BCUT2D eigenvalue weighted by molar-refractivity contribution is -0.137. The summed E-state index contributed by atoms with van der Waals surface area (Å²) in [6.45, 7) is 4.65. The molecule has 1 amide bonds. The van der Waals surface area contributed by atoms with Gasteiger partial charge in [-0.3, -0.25) is 14.6 Å². The number of halogens is 3. The maximum absolute atomic E-state index is 12.7. The van der Waals surface area contributed by atoms with E-state index >= 15 is 0 Å². The monoisotopic (exact) mass is 448 g/mol. The lowest BCUT2D eigenvalue weighted by atomic mass is 10.1. The first-order valence-corrected chi connectivity index (χ1v) is 10.7. The van der Waals surface area contributed by atoms with Gasteiger partial charge in [0.15, 0.2) is 0 Å². The van der Waals surface area contributed by atoms with Gasteiger partial charge < -0.3 is 9.80 Å². The van der Waals surface area contributed by atoms with Crippen LogP contribution in [0, 0.1) is 0 Å². The molecule has 1 fully saturated rings. The van der Waals surface area contributed by atoms with Crippen LogP contribution in [-0.2, 0) is 24.1 Å². The molecular formula is C24H31F3N4O. The Labute approximate surface area is 188 Å². The maximum Gasteiger partial charge on any atom is 0.416 e. The molecule has 0 aromatic heterocycles. The van der Waals surface area contributed by atoms with Crippen LogP contribution in [-0.4, -0.2) is 74.5 Å². The lowest BCUT2D eigenvalue weighted by Gasteiger charge is -2.35. The summed E-state index contributed by atoms with van der Waals surface area (Å²) in [6.07, 6.45) is -4.31. The molecule has 1 aliphatic rings. The second kappa shape index (κ2) is 10.4. The van der Waals surface area contributed by atoms with E-state index in [-0.39, 0.29) is 5.91 Å². The lowest BCUT2D eigenvalue weighted by Crippen LogP contribution is -2.49. The van der Waals surface area contributed by atoms with Crippen molar-refractivity contribution in [1.29, 1.82) is 0 Å². The summed E-state index contributed by atoms with van der Waals surface area (Å²) < 4.78 is 38.1. The van der Waals surface area contributed by atoms with Crippen LogP contribution in [0.25, 0.3) is 0 Å². The number of hydrogen-bond donors (Lipinski definition) is 0. The number of piperazine rings is 1. The minimum Gasteiger partial charge on any atom is -0.378 e. The van der Waals surface area contributed by atoms with E-state index in [4.69, 9.17) is 0 Å². The molecule has 0 bridgehead atoms. The van der Waals surface area contributed by atoms with Gasteiger partial charge in [-0.1, -0.05) is 24.3 Å². The molecule has 0 atom stereocenters. The number of amides is 1. The van der Waals surface area contributed by atoms with Gasteiger partial charge in [0.2, 0.25) is 5.91 Å². The summed E-state index contributed by atoms with van der Waals surface area (Å²) in [6, 6.07) is 13.5. The molecule has 3 rings (SSSR count). The number of hydrogen-bond acceptors (Lipinski definition) is 4. The van der Waals surface area contributed by atoms with E-state index in [2.05, 4.69) is 9.80 Å². The number of alkyl halides is 3. The van der Waals surface area contributed by atoms with Crippen molar-refractivity contribution in [1.82, 2.24) is 14.7 Å². The summed E-state index contributed by atoms with van der Waals surface area (Å²) in [5, 5.41) is 0. The van der Waals surface area contributed by atoms with Crippen LogP contribution in [0.1, 0.15) is 16.7 Å². The molecule has 0 aliphatic carbocycles. The van der Waals surface area contributed by atoms with Crippen molar-refractivity contribution in [3.8, 4) is 0 Å². The molecule has 1 heterocycles. The molecule has 2 aromatic rings. The highest BCUT2D eigenvalue weighted by molar-refractivity contribution is 5.78. The first-order valence-electron chi connectivity index (χ1n) is 10.7. The number of benzene rings is 2. The normalized spacial score (nSPS) is 15.6. The van der Waals surface area contributed by atoms with Gasteiger partial charge in [0, 0.05) is 66.1 Å². The van der Waals surface area contributed by atoms with E-state index in [0.29, 0.717) is 19.6 Å². The number of carbonyl (C=O) groups excluding carboxylic acids is 1. The predicted molar refractivity (Wildman–Crippen MR) is 120 cm³/mol. The van der Waals surface area contributed by atoms with E-state index in [1.54, 1.807) is 17.0 Å². The van der Waals surface area contributed by atoms with E-state index in [0.717, 1.165) is 55.1 Å². The zero-order valence-electron chi connectivity index (χ0n) is 18.9. The van der Waals surface area contributed by atoms with Gasteiger partial charge >= 0.3 is 6.18 Å². The Morgan fingerprint density at radius 3 is 1.91 bits per heavy atom. The van der Waals surface area contributed by atoms with Crippen molar-refractivity contribution in [2.75, 3.05) is 58.8 Å². The summed E-state index contributed by atoms with van der Waals surface area (Å²) in [4.78, 5) is 20.8. The molecule has 0 unspecified atom stereocenters. The third kappa shape index (κ3) is 6.71. The zero-order valence-corrected chi connectivity index (χ0v) is 18.9. The first kappa shape index (κ1) is 24.1. The fourth-order valence-electron chi connectivity index (χ4n) is 3.74. The first-order chi connectivity index (χ1) is 15.1. The van der Waals surface area contributed by atoms with Crippen LogP contribution in [0.2, 0.25) is 0 Å². The van der Waals surface area contributed by atoms with E-state index in [1.807, 2.05) is 50.3 Å². The molecule has 8 heteroatoms. The average Bonchev–Trinajstić information content (AvgIpc) is 2.75. The quantitative estimate of drug-likeness (QED) is 0.648. The predicted octanol–water partition coefficient (Wildman–Crippen LogP) is 3.55. The van der Waals surface area contributed by atoms with Crippen molar-refractivity contribution in [2.24, 2.45) is 0 Å². The molecule has 0 spiro atoms. The molecule has 174 valence electrons. The summed E-state index contributed by atoms with van der Waals surface area (Å²) >= 11 is 0. The summed E-state index contributed by atoms with van der Waals surface area (Å²) in [5.74, 6) is 0.0814. The van der Waals surface area contributed by atoms with Gasteiger partial charge in [-0.15, -0.1) is 0 Å². The highest BCUT2D eigenvalue weighted by Gasteiger charge is 2.30. The maximum atomic E-state index is 12.7. The third-order valence-corrected chi connectivity index (χ3v) is 5.81. The average molecular weight is 449 g/mol. The Balaban J connectivity index is 1.42. The summed E-state index contributed by atoms with van der Waals surface area (Å²) in [5.41, 5.74) is 2.45. The van der Waals surface area contributed by atoms with Gasteiger partial charge in [-0.05, 0) is 35.4 Å². The summed E-state index contributed by atoms with van der Waals surface area (Å²) in [7, 11) is 5.81. The van der Waals surface area contributed by atoms with Gasteiger partial charge in [-0.25, -0.2) is 0 Å². The molecule has 1 aliphatic heterocycles. The molecule has 32 heavy (non-hydrogen) atoms. The van der Waals surface area contributed by atoms with Crippen LogP contribution in [0.3, 0.4) is 0 Å². The Hall–Kier alpha value is -2.58. The number of rotatable bonds is 7. The molecule has 1 saturated heterocycles. The number of likely N-dealkylation sites (N-methyl/N-ethyl adjacent to an activating group) is 1. The van der Waals surface area contributed by atoms with Crippen LogP contribution >= 0.6 is 0 Å². The second-order valence-electron chi connectivity index (χ2n) is 8.56. The van der Waals surface area contributed by atoms with Crippen molar-refractivity contribution >= 4 is 11.6 Å². The topological polar surface area (TPSA) is 30.0 Å². The van der Waals surface area contributed by atoms with Gasteiger partial charge in [0.1, 0.15) is 0 Å². The molecule has 0 saturated carbocycles. The molecule has 0 N–H and O–H groups in total. The Morgan fingerprint density at radius 1 is 0.844 bits per heavy atom. The van der Waals surface area contributed by atoms with Gasteiger partial charge in [-0.2, -0.15) is 13.2 Å². The van der Waals surface area contributed by atoms with Crippen LogP contribution in [0.5, 0.6) is 0 Å². The standard InChI is InChI=1S/C24H31F3N4O/c1-28(2)22-10-6-19(7-11-22)16-29(3)23(32)18-31-14-12-30(13-15-31)17-20-4-8-21(9-5-20)24(25,26)27/h4-11H,12-18H2,1-3H3. The SMILES string of the molecule is CN(Cc1ccc(N(C)C)cc1)C(=O)CN1CCN(Cc2ccc(C(F)(F)F)cc2)CC1. The Kier molecular flexibility index (Phi) is 7.79. The molecule has 0 radical (unpaired) electrons. The Bertz CT molecular complexity index is 874. The molecular weight excluding hydrogens is 417 g/mol. The largest absolute Gasteiger partial charge is 0.416 e.